The average Bonchev–Trinajstić information content (AvgIpc) is 2.81. The lowest BCUT2D eigenvalue weighted by Crippen LogP contribution is -2.06. The van der Waals surface area contributed by atoms with E-state index in [2.05, 4.69) is 9.98 Å². The van der Waals surface area contributed by atoms with E-state index in [1.807, 2.05) is 40.3 Å². The highest BCUT2D eigenvalue weighted by atomic mass is 32.1. The monoisotopic (exact) mass is 273 g/mol. The van der Waals surface area contributed by atoms with Gasteiger partial charge in [0.15, 0.2) is 5.65 Å². The van der Waals surface area contributed by atoms with Crippen LogP contribution in [0.15, 0.2) is 41.5 Å². The van der Waals surface area contributed by atoms with Gasteiger partial charge in [0.25, 0.3) is 0 Å². The minimum Gasteiger partial charge on any atom is -0.448 e. The van der Waals surface area contributed by atoms with E-state index in [9.17, 15) is 4.79 Å². The topological polar surface area (TPSA) is 56.0 Å². The Hall–Kier alpha value is -2.21. The number of pyridine rings is 1. The number of fused-ring (bicyclic) bond motifs is 3. The van der Waals surface area contributed by atoms with E-state index in [-0.39, 0.29) is 0 Å². The molecule has 0 fully saturated rings. The number of amides is 1. The molecule has 0 saturated carbocycles. The predicted octanol–water partition coefficient (Wildman–Crippen LogP) is 2.61. The van der Waals surface area contributed by atoms with Gasteiger partial charge in [-0.3, -0.25) is 3.79 Å². The number of hydrogen-bond donors (Lipinski definition) is 0. The Bertz CT molecular complexity index is 819. The van der Waals surface area contributed by atoms with Crippen molar-refractivity contribution >= 4 is 34.0 Å². The Morgan fingerprint density at radius 3 is 3.11 bits per heavy atom. The van der Waals surface area contributed by atoms with E-state index >= 15 is 0 Å². The first kappa shape index (κ1) is 11.9. The molecular formula is C13H11N3O2S. The molecule has 0 aliphatic rings. The molecule has 19 heavy (non-hydrogen) atoms. The van der Waals surface area contributed by atoms with Gasteiger partial charge in [0.2, 0.25) is 4.80 Å². The second-order valence-corrected chi connectivity index (χ2v) is 4.79. The SMILES string of the molecule is CCOC(=O)/N=c1\nc2c3ccccc3ccn2s1. The van der Waals surface area contributed by atoms with E-state index in [0.717, 1.165) is 16.4 Å². The van der Waals surface area contributed by atoms with Crippen molar-refractivity contribution in [3.05, 3.63) is 41.3 Å². The van der Waals surface area contributed by atoms with E-state index in [0.29, 0.717) is 11.4 Å². The minimum atomic E-state index is -0.605. The van der Waals surface area contributed by atoms with Gasteiger partial charge in [0.1, 0.15) is 0 Å². The summed E-state index contributed by atoms with van der Waals surface area (Å²) in [6.45, 7) is 2.05. The lowest BCUT2D eigenvalue weighted by Gasteiger charge is -1.97. The third-order valence-electron chi connectivity index (χ3n) is 2.64. The fourth-order valence-corrected chi connectivity index (χ4v) is 2.61. The van der Waals surface area contributed by atoms with Crippen LogP contribution in [-0.4, -0.2) is 21.5 Å². The molecule has 5 nitrogen and oxygen atoms in total. The minimum absolute atomic E-state index is 0.309. The fourth-order valence-electron chi connectivity index (χ4n) is 1.84. The van der Waals surface area contributed by atoms with Crippen LogP contribution < -0.4 is 4.80 Å². The van der Waals surface area contributed by atoms with Crippen LogP contribution in [-0.2, 0) is 4.74 Å². The van der Waals surface area contributed by atoms with Crippen LogP contribution in [0.25, 0.3) is 16.4 Å². The number of ether oxygens (including phenoxy) is 1. The van der Waals surface area contributed by atoms with Gasteiger partial charge in [0.05, 0.1) is 6.61 Å². The molecule has 0 unspecified atom stereocenters. The summed E-state index contributed by atoms with van der Waals surface area (Å²) in [5.41, 5.74) is 0.797. The fraction of sp³-hybridized carbons (Fsp3) is 0.154. The first-order chi connectivity index (χ1) is 9.28. The van der Waals surface area contributed by atoms with Crippen LogP contribution in [0.4, 0.5) is 4.79 Å². The van der Waals surface area contributed by atoms with Gasteiger partial charge in [-0.15, -0.1) is 4.99 Å². The lowest BCUT2D eigenvalue weighted by atomic mass is 10.2. The van der Waals surface area contributed by atoms with Crippen LogP contribution in [0.3, 0.4) is 0 Å². The summed E-state index contributed by atoms with van der Waals surface area (Å²) in [4.78, 5) is 19.9. The molecule has 2 aromatic heterocycles. The Morgan fingerprint density at radius 1 is 1.42 bits per heavy atom. The van der Waals surface area contributed by atoms with Crippen LogP contribution in [0.5, 0.6) is 0 Å². The van der Waals surface area contributed by atoms with Crippen molar-refractivity contribution in [2.45, 2.75) is 6.92 Å². The summed E-state index contributed by atoms with van der Waals surface area (Å²) in [5.74, 6) is 0. The molecule has 1 aromatic carbocycles. The summed E-state index contributed by atoms with van der Waals surface area (Å²) in [7, 11) is 0. The first-order valence-corrected chi connectivity index (χ1v) is 6.64. The highest BCUT2D eigenvalue weighted by Gasteiger charge is 2.05. The zero-order chi connectivity index (χ0) is 13.2. The number of rotatable bonds is 1. The van der Waals surface area contributed by atoms with Gasteiger partial charge in [-0.2, -0.15) is 4.98 Å². The summed E-state index contributed by atoms with van der Waals surface area (Å²) in [6, 6.07) is 9.98. The van der Waals surface area contributed by atoms with Gasteiger partial charge in [-0.05, 0) is 29.9 Å². The Kier molecular flexibility index (Phi) is 3.00. The van der Waals surface area contributed by atoms with Gasteiger partial charge in [-0.1, -0.05) is 24.3 Å². The lowest BCUT2D eigenvalue weighted by molar-refractivity contribution is 0.162. The number of aromatic nitrogens is 2. The molecule has 0 aliphatic heterocycles. The summed E-state index contributed by atoms with van der Waals surface area (Å²) < 4.78 is 6.67. The first-order valence-electron chi connectivity index (χ1n) is 5.87. The molecule has 0 aliphatic carbocycles. The average molecular weight is 273 g/mol. The standard InChI is InChI=1S/C13H11N3O2S/c1-2-18-13(17)15-12-14-11-10-6-4-3-5-9(10)7-8-16(11)19-12/h3-8H,2H2,1H3/b15-12+. The van der Waals surface area contributed by atoms with Gasteiger partial charge < -0.3 is 4.74 Å². The Labute approximate surface area is 113 Å². The molecule has 6 heteroatoms. The summed E-state index contributed by atoms with van der Waals surface area (Å²) >= 11 is 1.30. The second kappa shape index (κ2) is 4.81. The van der Waals surface area contributed by atoms with Crippen LogP contribution in [0.2, 0.25) is 0 Å². The normalized spacial score (nSPS) is 12.2. The van der Waals surface area contributed by atoms with Gasteiger partial charge in [-0.25, -0.2) is 4.79 Å². The summed E-state index contributed by atoms with van der Waals surface area (Å²) in [6.07, 6.45) is 1.31. The highest BCUT2D eigenvalue weighted by Crippen LogP contribution is 2.18. The summed E-state index contributed by atoms with van der Waals surface area (Å²) in [5, 5.41) is 2.14. The maximum atomic E-state index is 11.3. The molecule has 2 heterocycles. The van der Waals surface area contributed by atoms with E-state index in [1.165, 1.54) is 11.5 Å². The molecule has 0 atom stereocenters. The molecule has 0 radical (unpaired) electrons. The Balaban J connectivity index is 2.20. The van der Waals surface area contributed by atoms with E-state index in [1.54, 1.807) is 6.92 Å². The number of carbonyl (C=O) groups excluding carboxylic acids is 1. The van der Waals surface area contributed by atoms with E-state index in [4.69, 9.17) is 4.74 Å². The molecular weight excluding hydrogens is 262 g/mol. The molecule has 96 valence electrons. The smallest absolute Gasteiger partial charge is 0.436 e. The largest absolute Gasteiger partial charge is 0.448 e. The van der Waals surface area contributed by atoms with Crippen LogP contribution in [0, 0.1) is 0 Å². The van der Waals surface area contributed by atoms with Crippen molar-refractivity contribution in [3.8, 4) is 0 Å². The number of benzene rings is 1. The second-order valence-electron chi connectivity index (χ2n) is 3.85. The zero-order valence-corrected chi connectivity index (χ0v) is 11.1. The van der Waals surface area contributed by atoms with Crippen molar-refractivity contribution in [3.63, 3.8) is 0 Å². The van der Waals surface area contributed by atoms with Crippen LogP contribution >= 0.6 is 11.5 Å². The van der Waals surface area contributed by atoms with Crippen molar-refractivity contribution in [2.24, 2.45) is 4.99 Å². The van der Waals surface area contributed by atoms with Gasteiger partial charge >= 0.3 is 6.09 Å². The van der Waals surface area contributed by atoms with Crippen molar-refractivity contribution in [1.29, 1.82) is 0 Å². The molecule has 3 rings (SSSR count). The molecule has 0 saturated heterocycles. The Morgan fingerprint density at radius 2 is 2.26 bits per heavy atom. The van der Waals surface area contributed by atoms with Crippen molar-refractivity contribution < 1.29 is 9.53 Å². The third kappa shape index (κ3) is 2.22. The van der Waals surface area contributed by atoms with Crippen molar-refractivity contribution in [1.82, 2.24) is 8.77 Å². The molecule has 0 bridgehead atoms. The third-order valence-corrected chi connectivity index (χ3v) is 3.47. The van der Waals surface area contributed by atoms with Crippen LogP contribution in [0.1, 0.15) is 6.92 Å². The van der Waals surface area contributed by atoms with Gasteiger partial charge in [0, 0.05) is 11.6 Å². The maximum Gasteiger partial charge on any atom is 0.436 e. The zero-order valence-electron chi connectivity index (χ0n) is 10.2. The number of carbonyl (C=O) groups is 1. The van der Waals surface area contributed by atoms with Crippen molar-refractivity contribution in [2.75, 3.05) is 6.61 Å². The molecule has 1 amide bonds. The quantitative estimate of drug-likeness (QED) is 0.684. The van der Waals surface area contributed by atoms with E-state index < -0.39 is 6.09 Å². The molecule has 3 aromatic rings. The number of nitrogens with zero attached hydrogens (tertiary/aromatic N) is 3. The number of hydrogen-bond acceptors (Lipinski definition) is 4. The highest BCUT2D eigenvalue weighted by molar-refractivity contribution is 7.03. The molecule has 0 N–H and O–H groups in total. The predicted molar refractivity (Wildman–Crippen MR) is 73.2 cm³/mol. The maximum absolute atomic E-state index is 11.3. The molecule has 0 spiro atoms.